The Labute approximate surface area is 194 Å². The average molecular weight is 458 g/mol. The van der Waals surface area contributed by atoms with Crippen molar-refractivity contribution in [2.45, 2.75) is 18.8 Å². The first-order chi connectivity index (χ1) is 16.2. The van der Waals surface area contributed by atoms with Gasteiger partial charge in [0.15, 0.2) is 17.1 Å². The first-order valence-corrected chi connectivity index (χ1v) is 11.3. The predicted octanol–water partition coefficient (Wildman–Crippen LogP) is 5.21. The fourth-order valence-corrected chi connectivity index (χ4v) is 4.63. The second-order valence-electron chi connectivity index (χ2n) is 8.22. The molecule has 0 saturated carbocycles. The van der Waals surface area contributed by atoms with Crippen LogP contribution in [-0.4, -0.2) is 43.5 Å². The third-order valence-electron chi connectivity index (χ3n) is 6.20. The van der Waals surface area contributed by atoms with Crippen molar-refractivity contribution >= 4 is 34.3 Å². The number of benzene rings is 2. The lowest BCUT2D eigenvalue weighted by Gasteiger charge is -2.30. The van der Waals surface area contributed by atoms with E-state index in [9.17, 15) is 4.79 Å². The number of rotatable bonds is 3. The van der Waals surface area contributed by atoms with Crippen LogP contribution in [0, 0.1) is 0 Å². The van der Waals surface area contributed by atoms with Crippen molar-refractivity contribution < 1.29 is 9.21 Å². The largest absolute Gasteiger partial charge is 0.440 e. The molecule has 1 amide bonds. The van der Waals surface area contributed by atoms with Crippen molar-refractivity contribution in [2.24, 2.45) is 0 Å². The molecular weight excluding hydrogens is 438 g/mol. The van der Waals surface area contributed by atoms with Gasteiger partial charge in [-0.05, 0) is 37.1 Å². The van der Waals surface area contributed by atoms with Crippen LogP contribution < -0.4 is 0 Å². The van der Waals surface area contributed by atoms with Crippen LogP contribution in [0.3, 0.4) is 0 Å². The lowest BCUT2D eigenvalue weighted by molar-refractivity contribution is 0.0708. The van der Waals surface area contributed by atoms with Crippen molar-refractivity contribution in [3.8, 4) is 11.3 Å². The highest BCUT2D eigenvalue weighted by Gasteiger charge is 2.29. The van der Waals surface area contributed by atoms with Crippen LogP contribution >= 0.6 is 11.6 Å². The van der Waals surface area contributed by atoms with E-state index in [4.69, 9.17) is 16.0 Å². The Morgan fingerprint density at radius 1 is 1.06 bits per heavy atom. The summed E-state index contributed by atoms with van der Waals surface area (Å²) in [4.78, 5) is 24.3. The second kappa shape index (κ2) is 8.01. The summed E-state index contributed by atoms with van der Waals surface area (Å²) in [5.41, 5.74) is 4.51. The summed E-state index contributed by atoms with van der Waals surface area (Å²) in [5.74, 6) is 0.835. The summed E-state index contributed by atoms with van der Waals surface area (Å²) < 4.78 is 7.68. The van der Waals surface area contributed by atoms with E-state index in [1.54, 1.807) is 23.0 Å². The number of carbonyl (C=O) groups is 1. The number of aromatic nitrogens is 4. The van der Waals surface area contributed by atoms with Gasteiger partial charge in [-0.15, -0.1) is 0 Å². The van der Waals surface area contributed by atoms with E-state index in [0.717, 1.165) is 35.2 Å². The lowest BCUT2D eigenvalue weighted by atomic mass is 9.96. The zero-order valence-corrected chi connectivity index (χ0v) is 18.4. The quantitative estimate of drug-likeness (QED) is 0.371. The van der Waals surface area contributed by atoms with E-state index in [0.29, 0.717) is 35.2 Å². The van der Waals surface area contributed by atoms with Crippen LogP contribution in [0.1, 0.15) is 35.0 Å². The number of nitrogens with zero attached hydrogens (tertiary/aromatic N) is 5. The van der Waals surface area contributed by atoms with Crippen LogP contribution in [0.5, 0.6) is 0 Å². The minimum atomic E-state index is -0.0505. The number of carbonyl (C=O) groups excluding carboxylic acids is 1. The monoisotopic (exact) mass is 457 g/mol. The van der Waals surface area contributed by atoms with E-state index >= 15 is 0 Å². The number of piperidine rings is 1. The fourth-order valence-electron chi connectivity index (χ4n) is 4.46. The second-order valence-corrected chi connectivity index (χ2v) is 8.66. The number of hydrogen-bond donors (Lipinski definition) is 0. The van der Waals surface area contributed by atoms with Gasteiger partial charge in [0.2, 0.25) is 0 Å². The van der Waals surface area contributed by atoms with Crippen molar-refractivity contribution in [3.63, 3.8) is 0 Å². The van der Waals surface area contributed by atoms with Crippen LogP contribution in [0.15, 0.2) is 71.4 Å². The standard InChI is InChI=1S/C25H20ClN5O2/c26-18-6-7-22-20(14-18)29-24(33-22)17-9-12-30(13-10-17)25(32)19-15-28-31-21(8-11-27-23(19)31)16-4-2-1-3-5-16/h1-8,11,14-15,17H,9-10,12-13H2. The number of oxazole rings is 1. The van der Waals surface area contributed by atoms with E-state index in [-0.39, 0.29) is 11.8 Å². The Morgan fingerprint density at radius 2 is 1.88 bits per heavy atom. The van der Waals surface area contributed by atoms with Gasteiger partial charge in [0.25, 0.3) is 5.91 Å². The normalized spacial score (nSPS) is 14.9. The molecule has 1 fully saturated rings. The molecule has 4 heterocycles. The molecule has 0 unspecified atom stereocenters. The van der Waals surface area contributed by atoms with E-state index in [1.807, 2.05) is 53.4 Å². The Hall–Kier alpha value is -3.71. The molecule has 33 heavy (non-hydrogen) atoms. The maximum absolute atomic E-state index is 13.3. The third-order valence-corrected chi connectivity index (χ3v) is 6.43. The third kappa shape index (κ3) is 3.54. The highest BCUT2D eigenvalue weighted by atomic mass is 35.5. The molecule has 5 aromatic rings. The molecule has 8 heteroatoms. The summed E-state index contributed by atoms with van der Waals surface area (Å²) in [7, 11) is 0. The molecule has 1 aliphatic rings. The smallest absolute Gasteiger partial charge is 0.259 e. The maximum atomic E-state index is 13.3. The Balaban J connectivity index is 1.22. The summed E-state index contributed by atoms with van der Waals surface area (Å²) in [6.45, 7) is 1.25. The Bertz CT molecular complexity index is 1470. The van der Waals surface area contributed by atoms with Gasteiger partial charge in [0.05, 0.1) is 11.9 Å². The Morgan fingerprint density at radius 3 is 2.70 bits per heavy atom. The molecule has 0 atom stereocenters. The van der Waals surface area contributed by atoms with Gasteiger partial charge in [-0.2, -0.15) is 5.10 Å². The molecule has 0 radical (unpaired) electrons. The van der Waals surface area contributed by atoms with Crippen LogP contribution in [-0.2, 0) is 0 Å². The van der Waals surface area contributed by atoms with Gasteiger partial charge in [0.1, 0.15) is 11.1 Å². The van der Waals surface area contributed by atoms with E-state index in [2.05, 4.69) is 15.1 Å². The number of fused-ring (bicyclic) bond motifs is 2. The van der Waals surface area contributed by atoms with E-state index < -0.39 is 0 Å². The summed E-state index contributed by atoms with van der Waals surface area (Å²) >= 11 is 6.06. The first kappa shape index (κ1) is 19.9. The molecule has 0 bridgehead atoms. The minimum Gasteiger partial charge on any atom is -0.440 e. The SMILES string of the molecule is O=C(c1cnn2c(-c3ccccc3)ccnc12)N1CCC(c2nc3cc(Cl)ccc3o2)CC1. The predicted molar refractivity (Wildman–Crippen MR) is 125 cm³/mol. The molecule has 0 spiro atoms. The van der Waals surface area contributed by atoms with Gasteiger partial charge in [-0.25, -0.2) is 14.5 Å². The molecule has 1 saturated heterocycles. The van der Waals surface area contributed by atoms with Gasteiger partial charge in [0, 0.05) is 35.8 Å². The van der Waals surface area contributed by atoms with Gasteiger partial charge in [-0.1, -0.05) is 41.9 Å². The summed E-state index contributed by atoms with van der Waals surface area (Å²) in [5, 5.41) is 5.11. The Kier molecular flexibility index (Phi) is 4.84. The van der Waals surface area contributed by atoms with Crippen LogP contribution in [0.4, 0.5) is 0 Å². The number of likely N-dealkylation sites (tertiary alicyclic amines) is 1. The molecule has 164 valence electrons. The molecule has 2 aromatic carbocycles. The summed E-state index contributed by atoms with van der Waals surface area (Å²) in [6, 6.07) is 17.3. The summed E-state index contributed by atoms with van der Waals surface area (Å²) in [6.07, 6.45) is 4.91. The molecule has 6 rings (SSSR count). The number of hydrogen-bond acceptors (Lipinski definition) is 5. The number of halogens is 1. The average Bonchev–Trinajstić information content (AvgIpc) is 3.48. The fraction of sp³-hybridized carbons (Fsp3) is 0.200. The van der Waals surface area contributed by atoms with Crippen molar-refractivity contribution in [1.82, 2.24) is 24.5 Å². The minimum absolute atomic E-state index is 0.0505. The highest BCUT2D eigenvalue weighted by Crippen LogP contribution is 2.31. The number of amides is 1. The molecule has 7 nitrogen and oxygen atoms in total. The molecule has 3 aromatic heterocycles. The lowest BCUT2D eigenvalue weighted by Crippen LogP contribution is -2.38. The highest BCUT2D eigenvalue weighted by molar-refractivity contribution is 6.31. The van der Waals surface area contributed by atoms with Crippen molar-refractivity contribution in [1.29, 1.82) is 0 Å². The van der Waals surface area contributed by atoms with Gasteiger partial charge >= 0.3 is 0 Å². The van der Waals surface area contributed by atoms with Gasteiger partial charge < -0.3 is 9.32 Å². The zero-order valence-electron chi connectivity index (χ0n) is 17.7. The molecule has 1 aliphatic heterocycles. The maximum Gasteiger partial charge on any atom is 0.259 e. The van der Waals surface area contributed by atoms with Crippen molar-refractivity contribution in [2.75, 3.05) is 13.1 Å². The topological polar surface area (TPSA) is 76.5 Å². The first-order valence-electron chi connectivity index (χ1n) is 10.9. The van der Waals surface area contributed by atoms with E-state index in [1.165, 1.54) is 0 Å². The van der Waals surface area contributed by atoms with Crippen LogP contribution in [0.25, 0.3) is 28.0 Å². The van der Waals surface area contributed by atoms with Gasteiger partial charge in [-0.3, -0.25) is 4.79 Å². The molecule has 0 aliphatic carbocycles. The molecular formula is C25H20ClN5O2. The van der Waals surface area contributed by atoms with Crippen molar-refractivity contribution in [3.05, 3.63) is 83.5 Å². The zero-order chi connectivity index (χ0) is 22.4. The van der Waals surface area contributed by atoms with Crippen LogP contribution in [0.2, 0.25) is 5.02 Å². The molecule has 0 N–H and O–H groups in total.